The smallest absolute Gasteiger partial charge is 0.225 e. The lowest BCUT2D eigenvalue weighted by Gasteiger charge is -2.22. The van der Waals surface area contributed by atoms with Crippen LogP contribution in [0.4, 0.5) is 5.69 Å². The van der Waals surface area contributed by atoms with Crippen molar-refractivity contribution >= 4 is 23.2 Å². The molecule has 1 amide bonds. The number of benzene rings is 1. The van der Waals surface area contributed by atoms with Gasteiger partial charge in [-0.25, -0.2) is 0 Å². The van der Waals surface area contributed by atoms with Crippen molar-refractivity contribution in [3.8, 4) is 0 Å². The van der Waals surface area contributed by atoms with Gasteiger partial charge in [0.25, 0.3) is 0 Å². The summed E-state index contributed by atoms with van der Waals surface area (Å²) in [5.74, 6) is 0.632. The van der Waals surface area contributed by atoms with Crippen molar-refractivity contribution in [2.45, 2.75) is 51.6 Å². The molecule has 1 aliphatic rings. The molecule has 1 saturated carbocycles. The van der Waals surface area contributed by atoms with E-state index in [1.807, 2.05) is 26.0 Å². The van der Waals surface area contributed by atoms with Gasteiger partial charge in [0.05, 0.1) is 0 Å². The molecule has 2 atom stereocenters. The van der Waals surface area contributed by atoms with Crippen molar-refractivity contribution in [2.75, 3.05) is 11.9 Å². The lowest BCUT2D eigenvalue weighted by atomic mass is 10.1. The fourth-order valence-electron chi connectivity index (χ4n) is 2.68. The van der Waals surface area contributed by atoms with Crippen LogP contribution in [-0.2, 0) is 4.79 Å². The first-order valence-electron chi connectivity index (χ1n) is 7.92. The summed E-state index contributed by atoms with van der Waals surface area (Å²) in [5, 5.41) is 16.1. The Kier molecular flexibility index (Phi) is 6.24. The molecule has 1 aliphatic carbocycles. The molecule has 2 unspecified atom stereocenters. The zero-order valence-electron chi connectivity index (χ0n) is 13.2. The Labute approximate surface area is 137 Å². The number of anilines is 1. The van der Waals surface area contributed by atoms with E-state index in [1.165, 1.54) is 12.8 Å². The molecule has 0 saturated heterocycles. The molecule has 4 nitrogen and oxygen atoms in total. The normalized spacial score (nSPS) is 17.1. The van der Waals surface area contributed by atoms with Crippen LogP contribution >= 0.6 is 11.6 Å². The second-order valence-corrected chi connectivity index (χ2v) is 6.65. The van der Waals surface area contributed by atoms with E-state index < -0.39 is 0 Å². The predicted molar refractivity (Wildman–Crippen MR) is 90.2 cm³/mol. The van der Waals surface area contributed by atoms with Crippen LogP contribution < -0.4 is 10.6 Å². The molecule has 22 heavy (non-hydrogen) atoms. The molecule has 1 aromatic carbocycles. The van der Waals surface area contributed by atoms with E-state index in [4.69, 9.17) is 16.7 Å². The summed E-state index contributed by atoms with van der Waals surface area (Å²) in [5.41, 5.74) is 1.72. The summed E-state index contributed by atoms with van der Waals surface area (Å²) in [6.45, 7) is 4.13. The van der Waals surface area contributed by atoms with E-state index in [2.05, 4.69) is 10.6 Å². The van der Waals surface area contributed by atoms with Gasteiger partial charge >= 0.3 is 0 Å². The minimum Gasteiger partial charge on any atom is -0.396 e. The molecular weight excluding hydrogens is 300 g/mol. The van der Waals surface area contributed by atoms with Crippen LogP contribution in [0, 0.1) is 12.8 Å². The summed E-state index contributed by atoms with van der Waals surface area (Å²) < 4.78 is 0. The molecular formula is C17H25ClN2O2. The highest BCUT2D eigenvalue weighted by molar-refractivity contribution is 6.31. The molecule has 0 bridgehead atoms. The van der Waals surface area contributed by atoms with Gasteiger partial charge in [-0.05, 0) is 56.7 Å². The van der Waals surface area contributed by atoms with Gasteiger partial charge in [0.1, 0.15) is 0 Å². The number of hydrogen-bond donors (Lipinski definition) is 3. The molecule has 0 spiro atoms. The van der Waals surface area contributed by atoms with E-state index in [9.17, 15) is 4.79 Å². The standard InChI is InChI=1S/C17H25ClN2O2/c1-11-3-6-14(10-15(11)18)20-17(22)9-12(2)19-16(7-8-21)13-4-5-13/h3,6,10,12-13,16,19,21H,4-5,7-9H2,1-2H3,(H,20,22). The van der Waals surface area contributed by atoms with E-state index in [0.717, 1.165) is 17.7 Å². The number of rotatable bonds is 8. The van der Waals surface area contributed by atoms with E-state index in [0.29, 0.717) is 23.4 Å². The Morgan fingerprint density at radius 1 is 1.45 bits per heavy atom. The van der Waals surface area contributed by atoms with Crippen LogP contribution in [0.5, 0.6) is 0 Å². The number of hydrogen-bond acceptors (Lipinski definition) is 3. The van der Waals surface area contributed by atoms with Crippen LogP contribution in [0.1, 0.15) is 38.2 Å². The van der Waals surface area contributed by atoms with Crippen molar-refractivity contribution in [3.63, 3.8) is 0 Å². The molecule has 1 aromatic rings. The SMILES string of the molecule is Cc1ccc(NC(=O)CC(C)NC(CCO)C2CC2)cc1Cl. The summed E-state index contributed by atoms with van der Waals surface area (Å²) in [6, 6.07) is 5.92. The molecule has 0 aromatic heterocycles. The number of carbonyl (C=O) groups excluding carboxylic acids is 1. The second-order valence-electron chi connectivity index (χ2n) is 6.24. The maximum absolute atomic E-state index is 12.1. The third-order valence-corrected chi connectivity index (χ3v) is 4.48. The molecule has 122 valence electrons. The van der Waals surface area contributed by atoms with E-state index >= 15 is 0 Å². The Balaban J connectivity index is 1.81. The number of carbonyl (C=O) groups is 1. The minimum absolute atomic E-state index is 0.0292. The molecule has 1 fully saturated rings. The number of halogens is 1. The molecule has 0 radical (unpaired) electrons. The number of aliphatic hydroxyl groups excluding tert-OH is 1. The van der Waals surface area contributed by atoms with Gasteiger partial charge in [0.15, 0.2) is 0 Å². The zero-order chi connectivity index (χ0) is 16.1. The first-order chi connectivity index (χ1) is 10.5. The molecule has 5 heteroatoms. The Hall–Kier alpha value is -1.10. The van der Waals surface area contributed by atoms with Gasteiger partial charge in [-0.15, -0.1) is 0 Å². The summed E-state index contributed by atoms with van der Waals surface area (Å²) in [6.07, 6.45) is 3.60. The zero-order valence-corrected chi connectivity index (χ0v) is 14.0. The second kappa shape index (κ2) is 7.95. The largest absolute Gasteiger partial charge is 0.396 e. The van der Waals surface area contributed by atoms with Crippen LogP contribution in [0.25, 0.3) is 0 Å². The summed E-state index contributed by atoms with van der Waals surface area (Å²) >= 11 is 6.06. The van der Waals surface area contributed by atoms with Crippen molar-refractivity contribution in [2.24, 2.45) is 5.92 Å². The first-order valence-corrected chi connectivity index (χ1v) is 8.30. The molecule has 2 rings (SSSR count). The van der Waals surface area contributed by atoms with Gasteiger partial charge < -0.3 is 15.7 Å². The average Bonchev–Trinajstić information content (AvgIpc) is 3.26. The van der Waals surface area contributed by atoms with E-state index in [1.54, 1.807) is 6.07 Å². The number of nitrogens with one attached hydrogen (secondary N) is 2. The Morgan fingerprint density at radius 3 is 2.77 bits per heavy atom. The molecule has 3 N–H and O–H groups in total. The number of amides is 1. The van der Waals surface area contributed by atoms with Crippen molar-refractivity contribution in [1.82, 2.24) is 5.32 Å². The fraction of sp³-hybridized carbons (Fsp3) is 0.588. The highest BCUT2D eigenvalue weighted by atomic mass is 35.5. The lowest BCUT2D eigenvalue weighted by molar-refractivity contribution is -0.116. The van der Waals surface area contributed by atoms with Gasteiger partial charge in [-0.1, -0.05) is 17.7 Å². The number of aryl methyl sites for hydroxylation is 1. The summed E-state index contributed by atoms with van der Waals surface area (Å²) in [4.78, 5) is 12.1. The minimum atomic E-state index is -0.0292. The molecule has 0 heterocycles. The van der Waals surface area contributed by atoms with Crippen LogP contribution in [0.2, 0.25) is 5.02 Å². The van der Waals surface area contributed by atoms with Gasteiger partial charge in [-0.2, -0.15) is 0 Å². The van der Waals surface area contributed by atoms with Crippen LogP contribution in [0.15, 0.2) is 18.2 Å². The molecule has 0 aliphatic heterocycles. The van der Waals surface area contributed by atoms with Crippen molar-refractivity contribution < 1.29 is 9.90 Å². The predicted octanol–water partition coefficient (Wildman–Crippen LogP) is 3.12. The van der Waals surface area contributed by atoms with Crippen LogP contribution in [0.3, 0.4) is 0 Å². The van der Waals surface area contributed by atoms with Crippen LogP contribution in [-0.4, -0.2) is 29.7 Å². The van der Waals surface area contributed by atoms with Gasteiger partial charge in [-0.3, -0.25) is 4.79 Å². The first kappa shape index (κ1) is 17.3. The highest BCUT2D eigenvalue weighted by Crippen LogP contribution is 2.34. The monoisotopic (exact) mass is 324 g/mol. The maximum atomic E-state index is 12.1. The van der Waals surface area contributed by atoms with Crippen molar-refractivity contribution in [3.05, 3.63) is 28.8 Å². The van der Waals surface area contributed by atoms with Gasteiger partial charge in [0, 0.05) is 35.8 Å². The average molecular weight is 325 g/mol. The maximum Gasteiger partial charge on any atom is 0.225 e. The third-order valence-electron chi connectivity index (χ3n) is 4.08. The Bertz CT molecular complexity index is 517. The Morgan fingerprint density at radius 2 is 2.18 bits per heavy atom. The summed E-state index contributed by atoms with van der Waals surface area (Å²) in [7, 11) is 0. The third kappa shape index (κ3) is 5.27. The van der Waals surface area contributed by atoms with Gasteiger partial charge in [0.2, 0.25) is 5.91 Å². The fourth-order valence-corrected chi connectivity index (χ4v) is 2.86. The lowest BCUT2D eigenvalue weighted by Crippen LogP contribution is -2.40. The topological polar surface area (TPSA) is 61.4 Å². The highest BCUT2D eigenvalue weighted by Gasteiger charge is 2.31. The number of aliphatic hydroxyl groups is 1. The quantitative estimate of drug-likeness (QED) is 0.688. The van der Waals surface area contributed by atoms with E-state index in [-0.39, 0.29) is 18.6 Å². The van der Waals surface area contributed by atoms with Crippen molar-refractivity contribution in [1.29, 1.82) is 0 Å².